The van der Waals surface area contributed by atoms with Gasteiger partial charge < -0.3 is 20.1 Å². The molecule has 2 N–H and O–H groups in total. The summed E-state index contributed by atoms with van der Waals surface area (Å²) in [6.07, 6.45) is 9.42. The first kappa shape index (κ1) is 32.3. The van der Waals surface area contributed by atoms with E-state index in [0.717, 1.165) is 73.3 Å². The van der Waals surface area contributed by atoms with Gasteiger partial charge in [-0.1, -0.05) is 13.0 Å². The molecular formula is C32H47N5O4S. The Kier molecular flexibility index (Phi) is 11.7. The van der Waals surface area contributed by atoms with Crippen molar-refractivity contribution < 1.29 is 17.9 Å². The number of sulfone groups is 1. The standard InChI is InChI=1S/C32H47N5O4S/c1-4-16-42(38,39)23-41-20-25(3)36-27-10-8-26(9-11-27)17-28-18-29(24(2)19-34-28)30-6-5-7-31(37-30)35-22-32(21-33)12-14-40-15-13-32/h5-7,18-19,25-27,36H,4,8-17,20,22-23H2,1-3H3,(H,35,37)/t25-,26?,27?/m0/s1. The van der Waals surface area contributed by atoms with Gasteiger partial charge in [0.25, 0.3) is 0 Å². The van der Waals surface area contributed by atoms with E-state index in [0.29, 0.717) is 44.7 Å². The largest absolute Gasteiger partial charge is 0.381 e. The molecule has 2 aliphatic rings. The van der Waals surface area contributed by atoms with Crippen LogP contribution in [-0.2, 0) is 25.7 Å². The zero-order chi connectivity index (χ0) is 30.0. The number of nitrogens with one attached hydrogen (secondary N) is 2. The van der Waals surface area contributed by atoms with Gasteiger partial charge in [0.05, 0.1) is 29.5 Å². The molecular weight excluding hydrogens is 550 g/mol. The van der Waals surface area contributed by atoms with E-state index in [4.69, 9.17) is 19.4 Å². The van der Waals surface area contributed by atoms with Crippen LogP contribution in [0.1, 0.15) is 70.1 Å². The molecule has 42 heavy (non-hydrogen) atoms. The van der Waals surface area contributed by atoms with Crippen LogP contribution in [0, 0.1) is 29.6 Å². The Morgan fingerprint density at radius 1 is 1.21 bits per heavy atom. The van der Waals surface area contributed by atoms with Crippen LogP contribution < -0.4 is 10.6 Å². The lowest BCUT2D eigenvalue weighted by Gasteiger charge is -2.31. The predicted octanol–water partition coefficient (Wildman–Crippen LogP) is 5.06. The summed E-state index contributed by atoms with van der Waals surface area (Å²) in [5.41, 5.74) is 3.77. The normalized spacial score (nSPS) is 21.4. The number of aromatic nitrogens is 2. The molecule has 1 saturated carbocycles. The Hall–Kier alpha value is -2.58. The number of anilines is 1. The second-order valence-corrected chi connectivity index (χ2v) is 14.3. The molecule has 2 aromatic rings. The summed E-state index contributed by atoms with van der Waals surface area (Å²) in [5, 5.41) is 16.8. The van der Waals surface area contributed by atoms with Gasteiger partial charge in [-0.15, -0.1) is 0 Å². The van der Waals surface area contributed by atoms with Crippen LogP contribution >= 0.6 is 0 Å². The summed E-state index contributed by atoms with van der Waals surface area (Å²) < 4.78 is 34.7. The highest BCUT2D eigenvalue weighted by atomic mass is 32.2. The monoisotopic (exact) mass is 597 g/mol. The minimum atomic E-state index is -3.11. The van der Waals surface area contributed by atoms with Crippen LogP contribution in [0.15, 0.2) is 30.5 Å². The van der Waals surface area contributed by atoms with Crippen molar-refractivity contribution in [2.24, 2.45) is 11.3 Å². The third-order valence-corrected chi connectivity index (χ3v) is 10.0. The third-order valence-electron chi connectivity index (χ3n) is 8.49. The highest BCUT2D eigenvalue weighted by Gasteiger charge is 2.32. The number of rotatable bonds is 14. The van der Waals surface area contributed by atoms with Crippen LogP contribution in [-0.4, -0.2) is 68.5 Å². The first-order chi connectivity index (χ1) is 20.2. The number of aryl methyl sites for hydroxylation is 1. The molecule has 1 saturated heterocycles. The van der Waals surface area contributed by atoms with Crippen LogP contribution in [0.3, 0.4) is 0 Å². The van der Waals surface area contributed by atoms with Crippen molar-refractivity contribution in [2.75, 3.05) is 43.4 Å². The van der Waals surface area contributed by atoms with Crippen molar-refractivity contribution in [2.45, 2.75) is 84.2 Å². The number of nitriles is 1. The summed E-state index contributed by atoms with van der Waals surface area (Å²) in [6.45, 7) is 8.21. The lowest BCUT2D eigenvalue weighted by atomic mass is 9.82. The van der Waals surface area contributed by atoms with E-state index in [2.05, 4.69) is 36.6 Å². The maximum Gasteiger partial charge on any atom is 0.174 e. The van der Waals surface area contributed by atoms with Crippen LogP contribution in [0.2, 0.25) is 0 Å². The number of ether oxygens (including phenoxy) is 2. The van der Waals surface area contributed by atoms with Crippen molar-refractivity contribution in [3.05, 3.63) is 41.7 Å². The van der Waals surface area contributed by atoms with Gasteiger partial charge in [0.1, 0.15) is 11.8 Å². The molecule has 1 atom stereocenters. The highest BCUT2D eigenvalue weighted by molar-refractivity contribution is 7.91. The van der Waals surface area contributed by atoms with Gasteiger partial charge in [0.2, 0.25) is 0 Å². The molecule has 9 nitrogen and oxygen atoms in total. The van der Waals surface area contributed by atoms with Gasteiger partial charge in [-0.3, -0.25) is 4.98 Å². The van der Waals surface area contributed by atoms with Gasteiger partial charge in [0.15, 0.2) is 9.84 Å². The molecule has 0 aromatic carbocycles. The molecule has 0 bridgehead atoms. The molecule has 2 fully saturated rings. The Labute approximate surface area is 251 Å². The molecule has 0 radical (unpaired) electrons. The van der Waals surface area contributed by atoms with E-state index >= 15 is 0 Å². The molecule has 2 aromatic heterocycles. The Morgan fingerprint density at radius 2 is 1.98 bits per heavy atom. The average Bonchev–Trinajstić information content (AvgIpc) is 2.98. The molecule has 0 unspecified atom stereocenters. The minimum Gasteiger partial charge on any atom is -0.381 e. The summed E-state index contributed by atoms with van der Waals surface area (Å²) in [6, 6.07) is 11.2. The second kappa shape index (κ2) is 15.2. The third kappa shape index (κ3) is 9.46. The van der Waals surface area contributed by atoms with Crippen molar-refractivity contribution >= 4 is 15.7 Å². The lowest BCUT2D eigenvalue weighted by Crippen LogP contribution is -2.41. The predicted molar refractivity (Wildman–Crippen MR) is 166 cm³/mol. The molecule has 4 rings (SSSR count). The second-order valence-electron chi connectivity index (χ2n) is 12.2. The smallest absolute Gasteiger partial charge is 0.174 e. The quantitative estimate of drug-likeness (QED) is 0.307. The number of nitrogens with zero attached hydrogens (tertiary/aromatic N) is 3. The summed E-state index contributed by atoms with van der Waals surface area (Å²) in [4.78, 5) is 9.65. The van der Waals surface area contributed by atoms with E-state index in [1.165, 1.54) is 0 Å². The highest BCUT2D eigenvalue weighted by Crippen LogP contribution is 2.31. The Morgan fingerprint density at radius 3 is 2.69 bits per heavy atom. The lowest BCUT2D eigenvalue weighted by molar-refractivity contribution is 0.0455. The molecule has 1 aliphatic heterocycles. The Balaban J connectivity index is 1.27. The van der Waals surface area contributed by atoms with E-state index in [1.54, 1.807) is 0 Å². The van der Waals surface area contributed by atoms with Gasteiger partial charge in [-0.2, -0.15) is 5.26 Å². The van der Waals surface area contributed by atoms with Crippen LogP contribution in [0.25, 0.3) is 11.3 Å². The molecule has 1 aliphatic carbocycles. The summed E-state index contributed by atoms with van der Waals surface area (Å²) in [7, 11) is -3.11. The molecule has 0 amide bonds. The van der Waals surface area contributed by atoms with E-state index < -0.39 is 15.3 Å². The number of hydrogen-bond donors (Lipinski definition) is 2. The maximum absolute atomic E-state index is 11.9. The van der Waals surface area contributed by atoms with E-state index in [1.807, 2.05) is 31.3 Å². The molecule has 10 heteroatoms. The molecule has 3 heterocycles. The van der Waals surface area contributed by atoms with Crippen molar-refractivity contribution in [3.63, 3.8) is 0 Å². The van der Waals surface area contributed by atoms with E-state index in [-0.39, 0.29) is 17.7 Å². The summed E-state index contributed by atoms with van der Waals surface area (Å²) in [5.74, 6) is 1.34. The van der Waals surface area contributed by atoms with Gasteiger partial charge in [-0.25, -0.2) is 13.4 Å². The fourth-order valence-corrected chi connectivity index (χ4v) is 7.08. The molecule has 0 spiro atoms. The van der Waals surface area contributed by atoms with Crippen LogP contribution in [0.4, 0.5) is 5.82 Å². The number of pyridine rings is 2. The number of hydrogen-bond acceptors (Lipinski definition) is 9. The SMILES string of the molecule is CCCS(=O)(=O)COC[C@H](C)NC1CCC(Cc2cc(-c3cccc(NCC4(C#N)CCOCC4)n3)c(C)cn2)CC1. The van der Waals surface area contributed by atoms with Gasteiger partial charge in [0, 0.05) is 49.3 Å². The van der Waals surface area contributed by atoms with E-state index in [9.17, 15) is 13.7 Å². The van der Waals surface area contributed by atoms with Gasteiger partial charge >= 0.3 is 0 Å². The van der Waals surface area contributed by atoms with Gasteiger partial charge in [-0.05, 0) is 94.9 Å². The van der Waals surface area contributed by atoms with Crippen molar-refractivity contribution in [1.82, 2.24) is 15.3 Å². The fraction of sp³-hybridized carbons (Fsp3) is 0.656. The van der Waals surface area contributed by atoms with Crippen molar-refractivity contribution in [3.8, 4) is 17.3 Å². The topological polar surface area (TPSA) is 126 Å². The molecule has 230 valence electrons. The van der Waals surface area contributed by atoms with Crippen LogP contribution in [0.5, 0.6) is 0 Å². The first-order valence-electron chi connectivity index (χ1n) is 15.4. The zero-order valence-electron chi connectivity index (χ0n) is 25.4. The summed E-state index contributed by atoms with van der Waals surface area (Å²) >= 11 is 0. The van der Waals surface area contributed by atoms with Crippen molar-refractivity contribution in [1.29, 1.82) is 5.26 Å². The average molecular weight is 598 g/mol. The Bertz CT molecular complexity index is 1300. The first-order valence-corrected chi connectivity index (χ1v) is 17.2. The zero-order valence-corrected chi connectivity index (χ0v) is 26.2. The fourth-order valence-electron chi connectivity index (χ4n) is 5.99. The minimum absolute atomic E-state index is 0.115. The maximum atomic E-state index is 11.9.